The normalized spacial score (nSPS) is 24.4. The lowest BCUT2D eigenvalue weighted by Gasteiger charge is -2.27. The van der Waals surface area contributed by atoms with E-state index in [1.807, 2.05) is 6.07 Å². The van der Waals surface area contributed by atoms with Crippen molar-refractivity contribution in [3.63, 3.8) is 0 Å². The smallest absolute Gasteiger partial charge is 0.263 e. The van der Waals surface area contributed by atoms with Crippen LogP contribution in [0.25, 0.3) is 0 Å². The van der Waals surface area contributed by atoms with E-state index in [2.05, 4.69) is 31.7 Å². The molecule has 2 atom stereocenters. The molecule has 2 unspecified atom stereocenters. The van der Waals surface area contributed by atoms with E-state index in [4.69, 9.17) is 4.99 Å². The Morgan fingerprint density at radius 3 is 2.72 bits per heavy atom. The minimum Gasteiger partial charge on any atom is -0.356 e. The molecule has 0 radical (unpaired) electrons. The van der Waals surface area contributed by atoms with Crippen molar-refractivity contribution in [3.05, 3.63) is 57.8 Å². The zero-order valence-electron chi connectivity index (χ0n) is 19.7. The zero-order chi connectivity index (χ0) is 23.0. The maximum absolute atomic E-state index is 13.5. The topological polar surface area (TPSA) is 32.7 Å². The zero-order valence-corrected chi connectivity index (χ0v) is 19.7. The molecule has 0 aromatic heterocycles. The number of nitrogens with zero attached hydrogens (tertiary/aromatic N) is 2. The first kappa shape index (κ1) is 22.9. The Balaban J connectivity index is 1.69. The van der Waals surface area contributed by atoms with Gasteiger partial charge in [0, 0.05) is 35.3 Å². The molecule has 1 heterocycles. The van der Waals surface area contributed by atoms with E-state index in [1.54, 1.807) is 19.1 Å². The third-order valence-corrected chi connectivity index (χ3v) is 7.55. The standard InChI is InChI=1S/C27H34F2N2O/c1-5-11-31(12-10-22-16-27(22,4)18(3)32)26-23-8-7-19(25(28)29)14-20(23)15-21-13-17(2)6-9-24(21)30-26/h7-8,13-14,22,25H,5-6,9-12,15-16H2,1-4H3. The highest BCUT2D eigenvalue weighted by molar-refractivity contribution is 6.01. The largest absolute Gasteiger partial charge is 0.356 e. The van der Waals surface area contributed by atoms with Crippen molar-refractivity contribution in [1.82, 2.24) is 4.90 Å². The highest BCUT2D eigenvalue weighted by Gasteiger charge is 2.53. The van der Waals surface area contributed by atoms with Crippen LogP contribution in [0.3, 0.4) is 0 Å². The van der Waals surface area contributed by atoms with Gasteiger partial charge >= 0.3 is 0 Å². The maximum atomic E-state index is 13.5. The van der Waals surface area contributed by atoms with Crippen molar-refractivity contribution < 1.29 is 13.6 Å². The average Bonchev–Trinajstić information content (AvgIpc) is 3.45. The first-order valence-electron chi connectivity index (χ1n) is 11.9. The monoisotopic (exact) mass is 440 g/mol. The van der Waals surface area contributed by atoms with E-state index in [-0.39, 0.29) is 16.8 Å². The van der Waals surface area contributed by atoms with Gasteiger partial charge in [0.2, 0.25) is 0 Å². The predicted octanol–water partition coefficient (Wildman–Crippen LogP) is 6.64. The van der Waals surface area contributed by atoms with Crippen molar-refractivity contribution in [2.24, 2.45) is 16.3 Å². The van der Waals surface area contributed by atoms with E-state index in [9.17, 15) is 13.6 Å². The van der Waals surface area contributed by atoms with E-state index in [0.717, 1.165) is 73.4 Å². The highest BCUT2D eigenvalue weighted by atomic mass is 19.3. The number of ketones is 1. The van der Waals surface area contributed by atoms with Gasteiger partial charge < -0.3 is 4.90 Å². The number of halogens is 2. The maximum Gasteiger partial charge on any atom is 0.263 e. The number of Topliss-reactive ketones (excluding diaryl/α,β-unsaturated/α-hetero) is 1. The summed E-state index contributed by atoms with van der Waals surface area (Å²) in [6, 6.07) is 5.05. The van der Waals surface area contributed by atoms with Crippen LogP contribution in [0.2, 0.25) is 0 Å². The fraction of sp³-hybridized carbons (Fsp3) is 0.556. The van der Waals surface area contributed by atoms with Gasteiger partial charge in [-0.05, 0) is 75.5 Å². The number of aliphatic imine (C=N–C) groups is 1. The molecule has 4 rings (SSSR count). The molecule has 32 heavy (non-hydrogen) atoms. The quantitative estimate of drug-likeness (QED) is 0.476. The molecule has 0 saturated heterocycles. The first-order chi connectivity index (χ1) is 15.2. The number of carbonyl (C=O) groups is 1. The summed E-state index contributed by atoms with van der Waals surface area (Å²) in [6.07, 6.45) is 5.11. The van der Waals surface area contributed by atoms with Gasteiger partial charge in [0.15, 0.2) is 0 Å². The Hall–Kier alpha value is -2.30. The molecular weight excluding hydrogens is 406 g/mol. The molecule has 1 fully saturated rings. The number of hydrogen-bond donors (Lipinski definition) is 0. The van der Waals surface area contributed by atoms with Crippen LogP contribution in [0.1, 0.15) is 82.9 Å². The lowest BCUT2D eigenvalue weighted by atomic mass is 9.92. The fourth-order valence-corrected chi connectivity index (χ4v) is 5.17. The minimum absolute atomic E-state index is 0.0703. The molecule has 0 spiro atoms. The highest BCUT2D eigenvalue weighted by Crippen LogP contribution is 2.54. The molecule has 0 bridgehead atoms. The Labute approximate surface area is 190 Å². The van der Waals surface area contributed by atoms with E-state index in [0.29, 0.717) is 12.3 Å². The van der Waals surface area contributed by atoms with Crippen LogP contribution in [0.4, 0.5) is 8.78 Å². The molecule has 1 saturated carbocycles. The molecular formula is C27H34F2N2O. The SMILES string of the molecule is CCCN(CCC1CC1(C)C(C)=O)C1=NC2=C(C=C(C)CC2)Cc2cc(C(F)F)ccc21. The number of amidine groups is 1. The summed E-state index contributed by atoms with van der Waals surface area (Å²) in [7, 11) is 0. The Morgan fingerprint density at radius 2 is 2.06 bits per heavy atom. The molecule has 1 aliphatic heterocycles. The van der Waals surface area contributed by atoms with Crippen LogP contribution in [0.5, 0.6) is 0 Å². The number of alkyl halides is 2. The molecule has 3 aliphatic rings. The van der Waals surface area contributed by atoms with Gasteiger partial charge in [0.25, 0.3) is 6.43 Å². The van der Waals surface area contributed by atoms with Gasteiger partial charge in [-0.25, -0.2) is 13.8 Å². The summed E-state index contributed by atoms with van der Waals surface area (Å²) >= 11 is 0. The van der Waals surface area contributed by atoms with E-state index >= 15 is 0 Å². The van der Waals surface area contributed by atoms with Crippen LogP contribution in [0, 0.1) is 11.3 Å². The number of fused-ring (bicyclic) bond motifs is 1. The Morgan fingerprint density at radius 1 is 1.28 bits per heavy atom. The third kappa shape index (κ3) is 4.44. The molecule has 172 valence electrons. The van der Waals surface area contributed by atoms with Crippen molar-refractivity contribution in [2.75, 3.05) is 13.1 Å². The van der Waals surface area contributed by atoms with Gasteiger partial charge in [-0.2, -0.15) is 0 Å². The lowest BCUT2D eigenvalue weighted by Crippen LogP contribution is -2.34. The molecule has 0 N–H and O–H groups in total. The minimum atomic E-state index is -2.48. The fourth-order valence-electron chi connectivity index (χ4n) is 5.17. The number of hydrogen-bond acceptors (Lipinski definition) is 3. The van der Waals surface area contributed by atoms with E-state index in [1.165, 1.54) is 5.57 Å². The Bertz CT molecular complexity index is 1010. The van der Waals surface area contributed by atoms with Crippen LogP contribution in [-0.2, 0) is 11.2 Å². The first-order valence-corrected chi connectivity index (χ1v) is 11.9. The molecule has 5 heteroatoms. The number of rotatable bonds is 7. The van der Waals surface area contributed by atoms with Crippen LogP contribution in [-0.4, -0.2) is 29.6 Å². The molecule has 3 nitrogen and oxygen atoms in total. The third-order valence-electron chi connectivity index (χ3n) is 7.55. The van der Waals surface area contributed by atoms with Gasteiger partial charge in [-0.15, -0.1) is 0 Å². The average molecular weight is 441 g/mol. The lowest BCUT2D eigenvalue weighted by molar-refractivity contribution is -0.121. The van der Waals surface area contributed by atoms with Gasteiger partial charge in [-0.1, -0.05) is 37.6 Å². The summed E-state index contributed by atoms with van der Waals surface area (Å²) in [5.41, 5.74) is 5.35. The molecule has 0 amide bonds. The van der Waals surface area contributed by atoms with Gasteiger partial charge in [-0.3, -0.25) is 4.79 Å². The number of carbonyl (C=O) groups excluding carboxylic acids is 1. The number of allylic oxidation sites excluding steroid dienone is 4. The summed E-state index contributed by atoms with van der Waals surface area (Å²) in [6.45, 7) is 9.73. The second-order valence-electron chi connectivity index (χ2n) is 9.94. The van der Waals surface area contributed by atoms with Crippen molar-refractivity contribution >= 4 is 11.6 Å². The molecule has 2 aliphatic carbocycles. The second kappa shape index (κ2) is 8.92. The predicted molar refractivity (Wildman–Crippen MR) is 125 cm³/mol. The van der Waals surface area contributed by atoms with Crippen molar-refractivity contribution in [2.45, 2.75) is 72.6 Å². The van der Waals surface area contributed by atoms with Crippen molar-refractivity contribution in [3.8, 4) is 0 Å². The Kier molecular flexibility index (Phi) is 6.37. The summed E-state index contributed by atoms with van der Waals surface area (Å²) in [4.78, 5) is 19.5. The second-order valence-corrected chi connectivity index (χ2v) is 9.94. The van der Waals surface area contributed by atoms with Gasteiger partial charge in [0.05, 0.1) is 0 Å². The molecule has 1 aromatic rings. The summed E-state index contributed by atoms with van der Waals surface area (Å²) in [5, 5.41) is 0. The molecule has 1 aromatic carbocycles. The van der Waals surface area contributed by atoms with Crippen molar-refractivity contribution in [1.29, 1.82) is 0 Å². The summed E-state index contributed by atoms with van der Waals surface area (Å²) < 4.78 is 26.9. The summed E-state index contributed by atoms with van der Waals surface area (Å²) in [5.74, 6) is 1.60. The van der Waals surface area contributed by atoms with Crippen LogP contribution < -0.4 is 0 Å². The van der Waals surface area contributed by atoms with Gasteiger partial charge in [0.1, 0.15) is 11.6 Å². The number of benzene rings is 1. The van der Waals surface area contributed by atoms with E-state index < -0.39 is 6.43 Å². The van der Waals surface area contributed by atoms with Crippen LogP contribution >= 0.6 is 0 Å². The van der Waals surface area contributed by atoms with Crippen LogP contribution in [0.15, 0.2) is 46.1 Å².